The van der Waals surface area contributed by atoms with Crippen molar-refractivity contribution in [3.05, 3.63) is 58.7 Å². The Balaban J connectivity index is 2.20. The lowest BCUT2D eigenvalue weighted by atomic mass is 9.77. The van der Waals surface area contributed by atoms with Gasteiger partial charge in [-0.05, 0) is 83.3 Å². The summed E-state index contributed by atoms with van der Waals surface area (Å²) in [5.74, 6) is 0.460. The first-order valence-electron chi connectivity index (χ1n) is 11.3. The summed E-state index contributed by atoms with van der Waals surface area (Å²) in [6.45, 7) is 15.4. The lowest BCUT2D eigenvalue weighted by Gasteiger charge is -2.33. The summed E-state index contributed by atoms with van der Waals surface area (Å²) >= 11 is 0. The van der Waals surface area contributed by atoms with E-state index in [4.69, 9.17) is 0 Å². The largest absolute Gasteiger partial charge is 0.507 e. The van der Waals surface area contributed by atoms with Crippen LogP contribution in [-0.2, 0) is 10.8 Å². The van der Waals surface area contributed by atoms with Gasteiger partial charge >= 0.3 is 0 Å². The fourth-order valence-electron chi connectivity index (χ4n) is 4.53. The fraction of sp³-hybridized carbons (Fsp3) is 0.556. The van der Waals surface area contributed by atoms with E-state index >= 15 is 0 Å². The van der Waals surface area contributed by atoms with Crippen LogP contribution in [0.15, 0.2) is 36.4 Å². The van der Waals surface area contributed by atoms with E-state index < -0.39 is 0 Å². The van der Waals surface area contributed by atoms with Crippen LogP contribution in [0.3, 0.4) is 0 Å². The lowest BCUT2D eigenvalue weighted by molar-refractivity contribution is 0.280. The zero-order chi connectivity index (χ0) is 22.3. The van der Waals surface area contributed by atoms with E-state index in [1.54, 1.807) is 0 Å². The number of benzene rings is 2. The van der Waals surface area contributed by atoms with Crippen LogP contribution in [0.1, 0.15) is 82.7 Å². The third-order valence-electron chi connectivity index (χ3n) is 6.30. The van der Waals surface area contributed by atoms with Gasteiger partial charge in [-0.3, -0.25) is 4.90 Å². The summed E-state index contributed by atoms with van der Waals surface area (Å²) in [6, 6.07) is 13.7. The highest BCUT2D eigenvalue weighted by atomic mass is 16.3. The smallest absolute Gasteiger partial charge is 0.123 e. The number of phenols is 1. The van der Waals surface area contributed by atoms with Crippen molar-refractivity contribution < 1.29 is 5.11 Å². The molecule has 0 saturated carbocycles. The second-order valence-corrected chi connectivity index (χ2v) is 11.1. The van der Waals surface area contributed by atoms with E-state index in [0.29, 0.717) is 5.75 Å². The predicted molar refractivity (Wildman–Crippen MR) is 129 cm³/mol. The SMILES string of the molecule is CN(C)c1ccc(C(c2cc(C(C)(C)C)c(O)c(C(C)(C)C)c2)N2CCCC2)cc1. The minimum atomic E-state index is -0.121. The molecule has 1 unspecified atom stereocenters. The third-order valence-corrected chi connectivity index (χ3v) is 6.30. The number of phenolic OH excluding ortho intramolecular Hbond substituents is 1. The minimum absolute atomic E-state index is 0.121. The molecule has 1 atom stereocenters. The molecule has 0 spiro atoms. The maximum absolute atomic E-state index is 11.2. The van der Waals surface area contributed by atoms with Gasteiger partial charge in [-0.15, -0.1) is 0 Å². The number of aromatic hydroxyl groups is 1. The van der Waals surface area contributed by atoms with Gasteiger partial charge in [0, 0.05) is 19.8 Å². The zero-order valence-electron chi connectivity index (χ0n) is 20.2. The number of rotatable bonds is 4. The van der Waals surface area contributed by atoms with Crippen molar-refractivity contribution in [2.75, 3.05) is 32.1 Å². The number of anilines is 1. The summed E-state index contributed by atoms with van der Waals surface area (Å²) in [6.07, 6.45) is 2.51. The first-order valence-corrected chi connectivity index (χ1v) is 11.3. The standard InChI is InChI=1S/C27H40N2O/c1-26(2,3)22-17-20(18-23(25(22)30)27(4,5)6)24(29-15-9-10-16-29)19-11-13-21(14-12-19)28(7)8/h11-14,17-18,24,30H,9-10,15-16H2,1-8H3. The van der Waals surface area contributed by atoms with Crippen molar-refractivity contribution in [3.63, 3.8) is 0 Å². The average Bonchev–Trinajstić information content (AvgIpc) is 3.15. The third kappa shape index (κ3) is 4.67. The molecule has 1 N–H and O–H groups in total. The van der Waals surface area contributed by atoms with Crippen LogP contribution in [0, 0.1) is 0 Å². The average molecular weight is 409 g/mol. The Morgan fingerprint density at radius 2 is 1.27 bits per heavy atom. The molecule has 0 aromatic heterocycles. The summed E-state index contributed by atoms with van der Waals surface area (Å²) in [4.78, 5) is 4.75. The molecule has 3 heteroatoms. The molecule has 1 fully saturated rings. The number of hydrogen-bond donors (Lipinski definition) is 1. The van der Waals surface area contributed by atoms with E-state index in [2.05, 4.69) is 102 Å². The number of likely N-dealkylation sites (tertiary alicyclic amines) is 1. The second-order valence-electron chi connectivity index (χ2n) is 11.1. The van der Waals surface area contributed by atoms with Crippen molar-refractivity contribution in [2.24, 2.45) is 0 Å². The first kappa shape index (κ1) is 22.7. The number of hydrogen-bond acceptors (Lipinski definition) is 3. The maximum Gasteiger partial charge on any atom is 0.123 e. The fourth-order valence-corrected chi connectivity index (χ4v) is 4.53. The van der Waals surface area contributed by atoms with Gasteiger partial charge in [0.05, 0.1) is 6.04 Å². The molecule has 2 aromatic rings. The minimum Gasteiger partial charge on any atom is -0.507 e. The molecule has 0 aliphatic carbocycles. The van der Waals surface area contributed by atoms with E-state index in [9.17, 15) is 5.11 Å². The Bertz CT molecular complexity index is 828. The van der Waals surface area contributed by atoms with Crippen molar-refractivity contribution >= 4 is 5.69 Å². The van der Waals surface area contributed by atoms with E-state index in [1.807, 2.05) is 0 Å². The first-order chi connectivity index (χ1) is 13.9. The molecule has 1 saturated heterocycles. The van der Waals surface area contributed by atoms with Crippen LogP contribution in [0.5, 0.6) is 5.75 Å². The predicted octanol–water partition coefficient (Wildman–Crippen LogP) is 6.24. The Morgan fingerprint density at radius 1 is 0.800 bits per heavy atom. The quantitative estimate of drug-likeness (QED) is 0.649. The van der Waals surface area contributed by atoms with E-state index in [0.717, 1.165) is 24.2 Å². The lowest BCUT2D eigenvalue weighted by Crippen LogP contribution is -2.28. The van der Waals surface area contributed by atoms with Crippen LogP contribution in [-0.4, -0.2) is 37.2 Å². The monoisotopic (exact) mass is 408 g/mol. The van der Waals surface area contributed by atoms with Gasteiger partial charge in [-0.25, -0.2) is 0 Å². The molecular formula is C27H40N2O. The Labute approximate surface area is 183 Å². The molecule has 1 aliphatic rings. The summed E-state index contributed by atoms with van der Waals surface area (Å²) < 4.78 is 0. The molecule has 0 radical (unpaired) electrons. The summed E-state index contributed by atoms with van der Waals surface area (Å²) in [5.41, 5.74) is 5.68. The molecule has 1 heterocycles. The molecule has 164 valence electrons. The van der Waals surface area contributed by atoms with E-state index in [1.165, 1.54) is 29.7 Å². The molecule has 3 rings (SSSR count). The van der Waals surface area contributed by atoms with Crippen molar-refractivity contribution in [2.45, 2.75) is 71.3 Å². The molecule has 1 aliphatic heterocycles. The van der Waals surface area contributed by atoms with Gasteiger partial charge in [-0.1, -0.05) is 53.7 Å². The Hall–Kier alpha value is -2.00. The molecule has 0 bridgehead atoms. The van der Waals surface area contributed by atoms with Gasteiger partial charge in [0.15, 0.2) is 0 Å². The second kappa shape index (κ2) is 8.26. The van der Waals surface area contributed by atoms with Gasteiger partial charge in [0.2, 0.25) is 0 Å². The van der Waals surface area contributed by atoms with Crippen molar-refractivity contribution in [1.29, 1.82) is 0 Å². The highest BCUT2D eigenvalue weighted by molar-refractivity contribution is 5.53. The van der Waals surface area contributed by atoms with Gasteiger partial charge in [0.1, 0.15) is 5.75 Å². The maximum atomic E-state index is 11.2. The molecule has 3 nitrogen and oxygen atoms in total. The summed E-state index contributed by atoms with van der Waals surface area (Å²) in [5, 5.41) is 11.2. The summed E-state index contributed by atoms with van der Waals surface area (Å²) in [7, 11) is 4.16. The van der Waals surface area contributed by atoms with Crippen LogP contribution < -0.4 is 4.90 Å². The highest BCUT2D eigenvalue weighted by Gasteiger charge is 2.31. The van der Waals surface area contributed by atoms with Gasteiger partial charge < -0.3 is 10.0 Å². The molecular weight excluding hydrogens is 368 g/mol. The van der Waals surface area contributed by atoms with Crippen LogP contribution in [0.25, 0.3) is 0 Å². The van der Waals surface area contributed by atoms with Crippen molar-refractivity contribution in [1.82, 2.24) is 4.90 Å². The van der Waals surface area contributed by atoms with Crippen LogP contribution in [0.2, 0.25) is 0 Å². The topological polar surface area (TPSA) is 26.7 Å². The number of nitrogens with zero attached hydrogens (tertiary/aromatic N) is 2. The zero-order valence-corrected chi connectivity index (χ0v) is 20.2. The molecule has 30 heavy (non-hydrogen) atoms. The Kier molecular flexibility index (Phi) is 6.25. The van der Waals surface area contributed by atoms with Crippen LogP contribution >= 0.6 is 0 Å². The van der Waals surface area contributed by atoms with Crippen molar-refractivity contribution in [3.8, 4) is 5.75 Å². The van der Waals surface area contributed by atoms with Gasteiger partial charge in [0.25, 0.3) is 0 Å². The highest BCUT2D eigenvalue weighted by Crippen LogP contribution is 2.43. The van der Waals surface area contributed by atoms with E-state index in [-0.39, 0.29) is 16.9 Å². The normalized spacial score (nSPS) is 16.7. The Morgan fingerprint density at radius 3 is 1.67 bits per heavy atom. The molecule has 0 amide bonds. The van der Waals surface area contributed by atoms with Crippen LogP contribution in [0.4, 0.5) is 5.69 Å². The molecule has 2 aromatic carbocycles. The van der Waals surface area contributed by atoms with Gasteiger partial charge in [-0.2, -0.15) is 0 Å².